The van der Waals surface area contributed by atoms with Crippen molar-refractivity contribution in [3.05, 3.63) is 73.1 Å². The average molecular weight is 767 g/mol. The molecule has 0 saturated heterocycles. The number of halogens is 9. The first-order chi connectivity index (χ1) is 24.7. The number of aromatic nitrogens is 2. The Kier molecular flexibility index (Phi) is 16.6. The second-order valence-corrected chi connectivity index (χ2v) is 11.2. The molecular weight excluding hydrogens is 731 g/mol. The molecule has 0 fully saturated rings. The number of hydrogen-bond donors (Lipinski definition) is 3. The van der Waals surface area contributed by atoms with Crippen LogP contribution in [0, 0.1) is 0 Å². The number of aliphatic carboxylic acids is 3. The van der Waals surface area contributed by atoms with Crippen LogP contribution >= 0.6 is 0 Å². The minimum atomic E-state index is -5.19. The molecule has 4 heterocycles. The molecule has 2 aliphatic heterocycles. The van der Waals surface area contributed by atoms with Crippen LogP contribution in [-0.2, 0) is 27.5 Å². The van der Waals surface area contributed by atoms with Gasteiger partial charge >= 0.3 is 24.5 Å². The zero-order valence-corrected chi connectivity index (χ0v) is 27.8. The van der Waals surface area contributed by atoms with Crippen LogP contribution in [0.1, 0.15) is 38.5 Å². The van der Waals surface area contributed by atoms with E-state index in [1.807, 2.05) is 0 Å². The van der Waals surface area contributed by atoms with Gasteiger partial charge in [-0.3, -0.25) is 0 Å². The summed E-state index contributed by atoms with van der Waals surface area (Å²) < 4.78 is 99.7. The third kappa shape index (κ3) is 15.0. The molecule has 0 amide bonds. The van der Waals surface area contributed by atoms with Gasteiger partial charge < -0.3 is 35.5 Å². The number of nitrogens with one attached hydrogen (secondary N) is 2. The standard InChI is InChI=1S/C28H32N4.3C2HF3O2/c1-7-17-29-25-15-21-31(27-13-5-3-11-23(25)27)19-9-2-10-20-32-22-16-26(30-18-8-1)24-12-4-6-14-28(24)32;3*3-2(4,5)1(6)7/h3-6,11-16,21-22H,1-2,7-10,17-20H2;3*(H,6,7). The number of carboxylic acids is 3. The molecule has 0 unspecified atom stereocenters. The van der Waals surface area contributed by atoms with E-state index in [9.17, 15) is 39.5 Å². The second kappa shape index (κ2) is 20.0. The molecule has 0 spiro atoms. The number of benzene rings is 2. The first-order valence-corrected chi connectivity index (χ1v) is 15.9. The molecule has 4 bridgehead atoms. The number of hydrogen-bond acceptors (Lipinski definition) is 7. The number of alkyl halides is 9. The third-order valence-corrected chi connectivity index (χ3v) is 7.34. The van der Waals surface area contributed by atoms with Gasteiger partial charge in [0.05, 0.1) is 22.1 Å². The van der Waals surface area contributed by atoms with Gasteiger partial charge in [0, 0.05) is 50.2 Å². The van der Waals surface area contributed by atoms with Gasteiger partial charge in [0.15, 0.2) is 12.4 Å². The van der Waals surface area contributed by atoms with Crippen LogP contribution in [0.5, 0.6) is 0 Å². The fraction of sp³-hybridized carbons (Fsp3) is 0.382. The Balaban J connectivity index is 0.000000379. The van der Waals surface area contributed by atoms with Crippen molar-refractivity contribution in [2.75, 3.05) is 23.7 Å². The molecule has 53 heavy (non-hydrogen) atoms. The molecule has 19 heteroatoms. The topological polar surface area (TPSA) is 149 Å². The SMILES string of the molecule is O=C(O)C(F)(F)F.O=C([O-])C(F)(F)F.O=C([O-])C(F)(F)F.c1ccc2c(c1)c1cc[n+]2CCCCC[n+]2ccc(c3ccccc32)NCCCCCN1. The molecule has 2 aromatic carbocycles. The predicted molar refractivity (Wildman–Crippen MR) is 169 cm³/mol. The average Bonchev–Trinajstić information content (AvgIpc) is 3.08. The molecule has 6 rings (SSSR count). The summed E-state index contributed by atoms with van der Waals surface area (Å²) in [7, 11) is 0. The van der Waals surface area contributed by atoms with Crippen molar-refractivity contribution in [3.63, 3.8) is 0 Å². The maximum absolute atomic E-state index is 10.6. The number of carboxylic acid groups (broad SMARTS) is 3. The number of pyridine rings is 2. The summed E-state index contributed by atoms with van der Waals surface area (Å²) in [5, 5.41) is 34.7. The number of carbonyl (C=O) groups is 3. The quantitative estimate of drug-likeness (QED) is 0.173. The van der Waals surface area contributed by atoms with Gasteiger partial charge in [-0.1, -0.05) is 24.3 Å². The van der Waals surface area contributed by atoms with Crippen LogP contribution in [-0.4, -0.2) is 54.6 Å². The first-order valence-electron chi connectivity index (χ1n) is 15.9. The Hall–Kier alpha value is -5.36. The molecule has 0 radical (unpaired) electrons. The fourth-order valence-electron chi connectivity index (χ4n) is 4.89. The predicted octanol–water partition coefficient (Wildman–Crippen LogP) is 4.68. The summed E-state index contributed by atoms with van der Waals surface area (Å²) in [6, 6.07) is 22.1. The summed E-state index contributed by atoms with van der Waals surface area (Å²) in [5.41, 5.74) is 5.16. The minimum absolute atomic E-state index is 1.02. The molecular formula is C34H35F9N4O6. The number of anilines is 2. The normalized spacial score (nSPS) is 14.1. The van der Waals surface area contributed by atoms with Gasteiger partial charge in [0.1, 0.15) is 25.0 Å². The smallest absolute Gasteiger partial charge is 0.490 e. The van der Waals surface area contributed by atoms with E-state index < -0.39 is 36.4 Å². The number of para-hydroxylation sites is 2. The van der Waals surface area contributed by atoms with Crippen molar-refractivity contribution in [1.29, 1.82) is 0 Å². The molecule has 0 saturated carbocycles. The van der Waals surface area contributed by atoms with Crippen LogP contribution in [0.3, 0.4) is 0 Å². The van der Waals surface area contributed by atoms with Crippen LogP contribution in [0.15, 0.2) is 73.1 Å². The van der Waals surface area contributed by atoms with E-state index in [1.165, 1.54) is 71.7 Å². The Labute approximate surface area is 296 Å². The lowest BCUT2D eigenvalue weighted by molar-refractivity contribution is -0.675. The summed E-state index contributed by atoms with van der Waals surface area (Å²) >= 11 is 0. The number of nitrogens with zero attached hydrogens (tertiary/aromatic N) is 2. The van der Waals surface area contributed by atoms with Crippen molar-refractivity contribution in [2.24, 2.45) is 0 Å². The zero-order valence-electron chi connectivity index (χ0n) is 27.8. The molecule has 2 aliphatic rings. The number of rotatable bonds is 0. The van der Waals surface area contributed by atoms with Gasteiger partial charge in [-0.05, 0) is 37.8 Å². The molecule has 3 N–H and O–H groups in total. The van der Waals surface area contributed by atoms with Crippen molar-refractivity contribution < 1.29 is 78.4 Å². The molecule has 290 valence electrons. The van der Waals surface area contributed by atoms with E-state index in [4.69, 9.17) is 29.7 Å². The lowest BCUT2D eigenvalue weighted by Gasteiger charge is -2.12. The van der Waals surface area contributed by atoms with E-state index in [1.54, 1.807) is 0 Å². The van der Waals surface area contributed by atoms with E-state index in [2.05, 4.69) is 92.8 Å². The van der Waals surface area contributed by atoms with Crippen LogP contribution in [0.2, 0.25) is 0 Å². The lowest BCUT2D eigenvalue weighted by atomic mass is 10.1. The van der Waals surface area contributed by atoms with E-state index in [-0.39, 0.29) is 0 Å². The molecule has 2 aromatic heterocycles. The van der Waals surface area contributed by atoms with Gasteiger partial charge in [0.25, 0.3) is 0 Å². The lowest BCUT2D eigenvalue weighted by Crippen LogP contribution is -2.37. The highest BCUT2D eigenvalue weighted by Gasteiger charge is 2.38. The molecule has 0 atom stereocenters. The maximum atomic E-state index is 10.6. The molecule has 0 aliphatic carbocycles. The number of aryl methyl sites for hydroxylation is 2. The molecule has 10 nitrogen and oxygen atoms in total. The Bertz CT molecular complexity index is 1670. The van der Waals surface area contributed by atoms with Crippen molar-refractivity contribution in [2.45, 2.75) is 70.1 Å². The van der Waals surface area contributed by atoms with Crippen molar-refractivity contribution >= 4 is 51.1 Å². The van der Waals surface area contributed by atoms with E-state index >= 15 is 0 Å². The summed E-state index contributed by atoms with van der Waals surface area (Å²) in [6.07, 6.45) is -3.76. The number of carbonyl (C=O) groups excluding carboxylic acids is 2. The fourth-order valence-corrected chi connectivity index (χ4v) is 4.89. The van der Waals surface area contributed by atoms with Gasteiger partial charge in [-0.2, -0.15) is 48.6 Å². The Morgan fingerprint density at radius 2 is 0.868 bits per heavy atom. The molecule has 4 aromatic rings. The third-order valence-electron chi connectivity index (χ3n) is 7.34. The first kappa shape index (κ1) is 43.8. The van der Waals surface area contributed by atoms with Gasteiger partial charge in [-0.25, -0.2) is 4.79 Å². The zero-order chi connectivity index (χ0) is 39.8. The maximum Gasteiger partial charge on any atom is 0.490 e. The number of fused-ring (bicyclic) bond motifs is 12. The van der Waals surface area contributed by atoms with Crippen LogP contribution in [0.4, 0.5) is 50.9 Å². The minimum Gasteiger partial charge on any atom is -0.542 e. The highest BCUT2D eigenvalue weighted by atomic mass is 19.4. The second-order valence-electron chi connectivity index (χ2n) is 11.2. The highest BCUT2D eigenvalue weighted by Crippen LogP contribution is 2.22. The van der Waals surface area contributed by atoms with Gasteiger partial charge in [0.2, 0.25) is 11.0 Å². The largest absolute Gasteiger partial charge is 0.542 e. The van der Waals surface area contributed by atoms with E-state index in [0.717, 1.165) is 26.2 Å². The Morgan fingerprint density at radius 3 is 1.19 bits per heavy atom. The van der Waals surface area contributed by atoms with Crippen molar-refractivity contribution in [1.82, 2.24) is 0 Å². The summed E-state index contributed by atoms with van der Waals surface area (Å²) in [5.74, 6) is -8.77. The van der Waals surface area contributed by atoms with Crippen LogP contribution in [0.25, 0.3) is 21.8 Å². The van der Waals surface area contributed by atoms with Crippen molar-refractivity contribution in [3.8, 4) is 0 Å². The highest BCUT2D eigenvalue weighted by molar-refractivity contribution is 5.89. The van der Waals surface area contributed by atoms with Crippen LogP contribution < -0.4 is 30.0 Å². The monoisotopic (exact) mass is 766 g/mol. The summed E-state index contributed by atoms with van der Waals surface area (Å²) in [4.78, 5) is 26.5. The summed E-state index contributed by atoms with van der Waals surface area (Å²) in [6.45, 7) is 4.16. The van der Waals surface area contributed by atoms with Gasteiger partial charge in [-0.15, -0.1) is 0 Å². The Morgan fingerprint density at radius 1 is 0.547 bits per heavy atom. The van der Waals surface area contributed by atoms with E-state index in [0.29, 0.717) is 0 Å².